The molecule has 2 nitrogen and oxygen atoms in total. The van der Waals surface area contributed by atoms with E-state index in [4.69, 9.17) is 16.7 Å². The Labute approximate surface area is 65.5 Å². The molecule has 0 rings (SSSR count). The molecule has 0 unspecified atom stereocenters. The number of hydrogen-bond acceptors (Lipinski definition) is 1. The smallest absolute Gasteiger partial charge is 0.314 e. The maximum atomic E-state index is 10.5. The van der Waals surface area contributed by atoms with Crippen molar-refractivity contribution in [2.45, 2.75) is 20.8 Å². The normalized spacial score (nSPS) is 13.4. The molecule has 0 saturated heterocycles. The van der Waals surface area contributed by atoms with Gasteiger partial charge in [-0.3, -0.25) is 4.79 Å². The van der Waals surface area contributed by atoms with Crippen LogP contribution in [-0.2, 0) is 4.79 Å². The number of rotatable bonds is 2. The molecule has 0 aromatic rings. The first-order chi connectivity index (χ1) is 4.42. The van der Waals surface area contributed by atoms with Gasteiger partial charge in [0.05, 0.1) is 5.41 Å². The van der Waals surface area contributed by atoms with Crippen LogP contribution in [0, 0.1) is 5.41 Å². The van der Waals surface area contributed by atoms with E-state index in [0.717, 1.165) is 0 Å². The highest BCUT2D eigenvalue weighted by Crippen LogP contribution is 2.29. The molecule has 0 aliphatic heterocycles. The van der Waals surface area contributed by atoms with Gasteiger partial charge < -0.3 is 5.11 Å². The summed E-state index contributed by atoms with van der Waals surface area (Å²) in [7, 11) is 0. The highest BCUT2D eigenvalue weighted by molar-refractivity contribution is 6.31. The fourth-order valence-electron chi connectivity index (χ4n) is 0.463. The number of carboxylic acid groups (broad SMARTS) is 1. The summed E-state index contributed by atoms with van der Waals surface area (Å²) >= 11 is 5.63. The van der Waals surface area contributed by atoms with Crippen molar-refractivity contribution < 1.29 is 9.90 Å². The van der Waals surface area contributed by atoms with Gasteiger partial charge in [0.2, 0.25) is 0 Å². The summed E-state index contributed by atoms with van der Waals surface area (Å²) in [5.41, 5.74) is -0.948. The van der Waals surface area contributed by atoms with Gasteiger partial charge in [0.15, 0.2) is 0 Å². The van der Waals surface area contributed by atoms with E-state index >= 15 is 0 Å². The van der Waals surface area contributed by atoms with Crippen LogP contribution in [0.1, 0.15) is 20.8 Å². The highest BCUT2D eigenvalue weighted by Gasteiger charge is 2.29. The maximum absolute atomic E-state index is 10.5. The van der Waals surface area contributed by atoms with Crippen molar-refractivity contribution in [2.75, 3.05) is 0 Å². The Hall–Kier alpha value is -0.500. The van der Waals surface area contributed by atoms with Gasteiger partial charge in [0.25, 0.3) is 0 Å². The SMILES string of the molecule is CC=C(Cl)C(C)(C)C(=O)O. The molecule has 1 N–H and O–H groups in total. The molecule has 0 fully saturated rings. The van der Waals surface area contributed by atoms with Gasteiger partial charge in [-0.2, -0.15) is 0 Å². The molecule has 0 amide bonds. The molecular weight excluding hydrogens is 152 g/mol. The van der Waals surface area contributed by atoms with Crippen LogP contribution in [0.4, 0.5) is 0 Å². The summed E-state index contributed by atoms with van der Waals surface area (Å²) in [5, 5.41) is 8.98. The van der Waals surface area contributed by atoms with Crippen LogP contribution < -0.4 is 0 Å². The third-order valence-corrected chi connectivity index (χ3v) is 2.08. The van der Waals surface area contributed by atoms with E-state index < -0.39 is 11.4 Å². The van der Waals surface area contributed by atoms with Gasteiger partial charge in [-0.05, 0) is 20.8 Å². The molecule has 0 aromatic carbocycles. The fraction of sp³-hybridized carbons (Fsp3) is 0.571. The third-order valence-electron chi connectivity index (χ3n) is 1.39. The Bertz CT molecular complexity index is 170. The summed E-state index contributed by atoms with van der Waals surface area (Å²) in [6.07, 6.45) is 1.59. The van der Waals surface area contributed by atoms with Crippen LogP contribution in [0.3, 0.4) is 0 Å². The lowest BCUT2D eigenvalue weighted by Gasteiger charge is -2.17. The first kappa shape index (κ1) is 9.50. The van der Waals surface area contributed by atoms with Gasteiger partial charge in [0.1, 0.15) is 0 Å². The fourth-order valence-corrected chi connectivity index (χ4v) is 0.544. The van der Waals surface area contributed by atoms with Crippen molar-refractivity contribution >= 4 is 17.6 Å². The molecule has 0 atom stereocenters. The zero-order valence-corrected chi connectivity index (χ0v) is 7.07. The third kappa shape index (κ3) is 1.74. The molecule has 0 bridgehead atoms. The zero-order chi connectivity index (χ0) is 8.36. The summed E-state index contributed by atoms with van der Waals surface area (Å²) in [6, 6.07) is 0. The number of hydrogen-bond donors (Lipinski definition) is 1. The molecule has 10 heavy (non-hydrogen) atoms. The lowest BCUT2D eigenvalue weighted by molar-refractivity contribution is -0.144. The molecule has 0 aliphatic carbocycles. The average Bonchev–Trinajstić information content (AvgIpc) is 1.86. The number of carboxylic acids is 1. The summed E-state index contributed by atoms with van der Waals surface area (Å²) in [6.45, 7) is 4.85. The van der Waals surface area contributed by atoms with Crippen molar-refractivity contribution in [3.8, 4) is 0 Å². The molecule has 3 heteroatoms. The Morgan fingerprint density at radius 1 is 1.60 bits per heavy atom. The van der Waals surface area contributed by atoms with Crippen molar-refractivity contribution in [2.24, 2.45) is 5.41 Å². The second kappa shape index (κ2) is 3.06. The van der Waals surface area contributed by atoms with E-state index in [1.165, 1.54) is 0 Å². The van der Waals surface area contributed by atoms with E-state index in [9.17, 15) is 4.79 Å². The van der Waals surface area contributed by atoms with E-state index in [1.54, 1.807) is 26.8 Å². The standard InChI is InChI=1S/C7H11ClO2/c1-4-5(8)7(2,3)6(9)10/h4H,1-3H3,(H,9,10). The minimum atomic E-state index is -0.948. The van der Waals surface area contributed by atoms with Crippen molar-refractivity contribution in [3.05, 3.63) is 11.1 Å². The highest BCUT2D eigenvalue weighted by atomic mass is 35.5. The average molecular weight is 163 g/mol. The largest absolute Gasteiger partial charge is 0.481 e. The van der Waals surface area contributed by atoms with Crippen molar-refractivity contribution in [3.63, 3.8) is 0 Å². The Morgan fingerprint density at radius 2 is 2.00 bits per heavy atom. The maximum Gasteiger partial charge on any atom is 0.314 e. The van der Waals surface area contributed by atoms with Gasteiger partial charge >= 0.3 is 5.97 Å². The van der Waals surface area contributed by atoms with Gasteiger partial charge in [-0.25, -0.2) is 0 Å². The van der Waals surface area contributed by atoms with Crippen LogP contribution >= 0.6 is 11.6 Å². The molecule has 0 saturated carbocycles. The zero-order valence-electron chi connectivity index (χ0n) is 6.31. The molecule has 0 spiro atoms. The number of carbonyl (C=O) groups is 1. The quantitative estimate of drug-likeness (QED) is 0.676. The van der Waals surface area contributed by atoms with Crippen molar-refractivity contribution in [1.82, 2.24) is 0 Å². The van der Waals surface area contributed by atoms with Crippen molar-refractivity contribution in [1.29, 1.82) is 0 Å². The topological polar surface area (TPSA) is 37.3 Å². The number of allylic oxidation sites excluding steroid dienone is 1. The second-order valence-corrected chi connectivity index (χ2v) is 2.97. The van der Waals surface area contributed by atoms with Gasteiger partial charge in [-0.1, -0.05) is 17.7 Å². The van der Waals surface area contributed by atoms with Crippen LogP contribution in [0.25, 0.3) is 0 Å². The molecule has 0 heterocycles. The Balaban J connectivity index is 4.56. The first-order valence-electron chi connectivity index (χ1n) is 2.98. The summed E-state index contributed by atoms with van der Waals surface area (Å²) in [4.78, 5) is 10.5. The monoisotopic (exact) mass is 162 g/mol. The minimum absolute atomic E-state index is 0.361. The Kier molecular flexibility index (Phi) is 2.91. The Morgan fingerprint density at radius 3 is 2.10 bits per heavy atom. The molecular formula is C7H11ClO2. The minimum Gasteiger partial charge on any atom is -0.481 e. The van der Waals surface area contributed by atoms with Gasteiger partial charge in [0, 0.05) is 5.03 Å². The van der Waals surface area contributed by atoms with Crippen LogP contribution in [-0.4, -0.2) is 11.1 Å². The predicted octanol–water partition coefficient (Wildman–Crippen LogP) is 2.24. The van der Waals surface area contributed by atoms with E-state index in [-0.39, 0.29) is 0 Å². The number of aliphatic carboxylic acids is 1. The molecule has 58 valence electrons. The van der Waals surface area contributed by atoms with E-state index in [0.29, 0.717) is 5.03 Å². The van der Waals surface area contributed by atoms with Gasteiger partial charge in [-0.15, -0.1) is 0 Å². The van der Waals surface area contributed by atoms with Crippen LogP contribution in [0.15, 0.2) is 11.1 Å². The van der Waals surface area contributed by atoms with Crippen LogP contribution in [0.5, 0.6) is 0 Å². The number of halogens is 1. The van der Waals surface area contributed by atoms with Crippen LogP contribution in [0.2, 0.25) is 0 Å². The molecule has 0 aromatic heterocycles. The first-order valence-corrected chi connectivity index (χ1v) is 3.36. The molecule has 0 aliphatic rings. The van der Waals surface area contributed by atoms with E-state index in [2.05, 4.69) is 0 Å². The lowest BCUT2D eigenvalue weighted by Crippen LogP contribution is -2.23. The summed E-state index contributed by atoms with van der Waals surface area (Å²) < 4.78 is 0. The molecule has 0 radical (unpaired) electrons. The lowest BCUT2D eigenvalue weighted by atomic mass is 9.93. The summed E-state index contributed by atoms with van der Waals surface area (Å²) in [5.74, 6) is -0.907. The second-order valence-electron chi connectivity index (χ2n) is 2.57. The van der Waals surface area contributed by atoms with E-state index in [1.807, 2.05) is 0 Å². The predicted molar refractivity (Wildman–Crippen MR) is 41.0 cm³/mol.